The summed E-state index contributed by atoms with van der Waals surface area (Å²) >= 11 is 0. The van der Waals surface area contributed by atoms with Crippen LogP contribution >= 0.6 is 0 Å². The molecular weight excluding hydrogens is 212 g/mol. The predicted octanol–water partition coefficient (Wildman–Crippen LogP) is 2.03. The van der Waals surface area contributed by atoms with Crippen LogP contribution < -0.4 is 0 Å². The summed E-state index contributed by atoms with van der Waals surface area (Å²) < 4.78 is 5.25. The zero-order valence-electron chi connectivity index (χ0n) is 9.61. The quantitative estimate of drug-likeness (QED) is 0.580. The fourth-order valence-corrected chi connectivity index (χ4v) is 4.13. The van der Waals surface area contributed by atoms with Gasteiger partial charge in [0.1, 0.15) is 0 Å². The molecule has 0 radical (unpaired) electrons. The second-order valence-corrected chi connectivity index (χ2v) is 8.58. The SMILES string of the molecule is CC(C)C[Si](C)(C)OC(=O)/C=C\C(=O)O. The summed E-state index contributed by atoms with van der Waals surface area (Å²) in [5.74, 6) is -1.23. The molecule has 0 rings (SSSR count). The molecule has 0 aliphatic heterocycles. The van der Waals surface area contributed by atoms with Gasteiger partial charge in [0.25, 0.3) is 0 Å². The second-order valence-electron chi connectivity index (χ2n) is 4.45. The number of rotatable bonds is 5. The van der Waals surface area contributed by atoms with Gasteiger partial charge in [-0.25, -0.2) is 9.59 Å². The van der Waals surface area contributed by atoms with E-state index in [4.69, 9.17) is 9.53 Å². The molecule has 0 aromatic rings. The van der Waals surface area contributed by atoms with Gasteiger partial charge in [0.05, 0.1) is 0 Å². The molecule has 0 aromatic carbocycles. The smallest absolute Gasteiger partial charge is 0.328 e. The Morgan fingerprint density at radius 1 is 1.33 bits per heavy atom. The standard InChI is InChI=1S/C10H18O4Si/c1-8(2)7-15(3,4)14-10(13)6-5-9(11)12/h5-6,8H,7H2,1-4H3,(H,11,12)/b6-5-. The lowest BCUT2D eigenvalue weighted by Gasteiger charge is -2.23. The maximum atomic E-state index is 11.2. The minimum absolute atomic E-state index is 0.475. The lowest BCUT2D eigenvalue weighted by atomic mass is 10.3. The van der Waals surface area contributed by atoms with E-state index in [9.17, 15) is 9.59 Å². The van der Waals surface area contributed by atoms with Gasteiger partial charge in [0, 0.05) is 12.2 Å². The van der Waals surface area contributed by atoms with Crippen molar-refractivity contribution in [3.05, 3.63) is 12.2 Å². The van der Waals surface area contributed by atoms with Crippen LogP contribution in [-0.4, -0.2) is 25.4 Å². The molecule has 0 heterocycles. The van der Waals surface area contributed by atoms with Gasteiger partial charge in [-0.15, -0.1) is 0 Å². The molecule has 0 saturated heterocycles. The topological polar surface area (TPSA) is 63.6 Å². The van der Waals surface area contributed by atoms with E-state index in [2.05, 4.69) is 13.8 Å². The van der Waals surface area contributed by atoms with Crippen molar-refractivity contribution in [1.82, 2.24) is 0 Å². The van der Waals surface area contributed by atoms with E-state index in [1.807, 2.05) is 13.1 Å². The van der Waals surface area contributed by atoms with Crippen LogP contribution in [0.3, 0.4) is 0 Å². The Labute approximate surface area is 91.1 Å². The molecule has 0 fully saturated rings. The number of aliphatic carboxylic acids is 1. The van der Waals surface area contributed by atoms with Crippen molar-refractivity contribution in [2.75, 3.05) is 0 Å². The van der Waals surface area contributed by atoms with Crippen LogP contribution in [0.15, 0.2) is 12.2 Å². The molecule has 4 nitrogen and oxygen atoms in total. The molecule has 1 N–H and O–H groups in total. The van der Waals surface area contributed by atoms with Crippen LogP contribution in [0.4, 0.5) is 0 Å². The maximum Gasteiger partial charge on any atom is 0.328 e. The largest absolute Gasteiger partial charge is 0.517 e. The first kappa shape index (κ1) is 13.9. The Kier molecular flexibility index (Phi) is 5.28. The zero-order valence-corrected chi connectivity index (χ0v) is 10.6. The zero-order chi connectivity index (χ0) is 12.1. The first-order valence-electron chi connectivity index (χ1n) is 4.87. The van der Waals surface area contributed by atoms with Crippen molar-refractivity contribution in [3.63, 3.8) is 0 Å². The number of carbonyl (C=O) groups is 2. The average Bonchev–Trinajstić information content (AvgIpc) is 1.96. The molecule has 0 saturated carbocycles. The van der Waals surface area contributed by atoms with E-state index in [0.717, 1.165) is 18.2 Å². The van der Waals surface area contributed by atoms with Crippen LogP contribution in [0.5, 0.6) is 0 Å². The molecule has 0 aromatic heterocycles. The summed E-state index contributed by atoms with van der Waals surface area (Å²) in [5, 5.41) is 8.32. The summed E-state index contributed by atoms with van der Waals surface area (Å²) in [6, 6.07) is 0.875. The first-order chi connectivity index (χ1) is 6.73. The minimum Gasteiger partial charge on any atom is -0.517 e. The fourth-order valence-electron chi connectivity index (χ4n) is 1.47. The Bertz CT molecular complexity index is 269. The molecule has 15 heavy (non-hydrogen) atoms. The predicted molar refractivity (Wildman–Crippen MR) is 60.0 cm³/mol. The summed E-state index contributed by atoms with van der Waals surface area (Å²) in [7, 11) is -2.00. The van der Waals surface area contributed by atoms with E-state index >= 15 is 0 Å². The highest BCUT2D eigenvalue weighted by molar-refractivity contribution is 6.72. The Morgan fingerprint density at radius 3 is 2.27 bits per heavy atom. The summed E-state index contributed by atoms with van der Waals surface area (Å²) in [5.41, 5.74) is 0. The van der Waals surface area contributed by atoms with Crippen LogP contribution in [0.2, 0.25) is 19.1 Å². The molecule has 0 bridgehead atoms. The van der Waals surface area contributed by atoms with Gasteiger partial charge >= 0.3 is 11.9 Å². The number of carboxylic acids is 1. The fraction of sp³-hybridized carbons (Fsp3) is 0.600. The van der Waals surface area contributed by atoms with Gasteiger partial charge in [-0.3, -0.25) is 0 Å². The number of carbonyl (C=O) groups excluding carboxylic acids is 1. The van der Waals surface area contributed by atoms with Crippen molar-refractivity contribution in [1.29, 1.82) is 0 Å². The molecule has 0 unspecified atom stereocenters. The Morgan fingerprint density at radius 2 is 1.87 bits per heavy atom. The van der Waals surface area contributed by atoms with Crippen molar-refractivity contribution in [3.8, 4) is 0 Å². The van der Waals surface area contributed by atoms with E-state index in [-0.39, 0.29) is 0 Å². The highest BCUT2D eigenvalue weighted by Gasteiger charge is 2.27. The molecular formula is C10H18O4Si. The summed E-state index contributed by atoms with van der Waals surface area (Å²) in [6.45, 7) is 8.02. The normalized spacial score (nSPS) is 12.1. The van der Waals surface area contributed by atoms with Gasteiger partial charge in [0.2, 0.25) is 8.32 Å². The lowest BCUT2D eigenvalue weighted by Crippen LogP contribution is -2.34. The second kappa shape index (κ2) is 5.70. The van der Waals surface area contributed by atoms with Crippen molar-refractivity contribution >= 4 is 20.3 Å². The van der Waals surface area contributed by atoms with Crippen molar-refractivity contribution in [2.24, 2.45) is 5.92 Å². The third-order valence-electron chi connectivity index (χ3n) is 1.64. The number of hydrogen-bond donors (Lipinski definition) is 1. The molecule has 5 heteroatoms. The first-order valence-corrected chi connectivity index (χ1v) is 7.98. The van der Waals surface area contributed by atoms with Crippen molar-refractivity contribution < 1.29 is 19.1 Å². The number of hydrogen-bond acceptors (Lipinski definition) is 3. The van der Waals surface area contributed by atoms with Crippen LogP contribution in [0.1, 0.15) is 13.8 Å². The van der Waals surface area contributed by atoms with Gasteiger partial charge in [-0.1, -0.05) is 13.8 Å². The molecule has 0 aliphatic carbocycles. The Balaban J connectivity index is 4.21. The molecule has 0 amide bonds. The Hall–Kier alpha value is -1.10. The third kappa shape index (κ3) is 7.93. The highest BCUT2D eigenvalue weighted by atomic mass is 28.4. The van der Waals surface area contributed by atoms with Crippen LogP contribution in [-0.2, 0) is 14.0 Å². The third-order valence-corrected chi connectivity index (χ3v) is 4.19. The summed E-state index contributed by atoms with van der Waals surface area (Å²) in [6.07, 6.45) is 1.75. The van der Waals surface area contributed by atoms with E-state index in [1.165, 1.54) is 0 Å². The molecule has 86 valence electrons. The van der Waals surface area contributed by atoms with Gasteiger partial charge in [-0.05, 0) is 25.1 Å². The highest BCUT2D eigenvalue weighted by Crippen LogP contribution is 2.17. The van der Waals surface area contributed by atoms with Crippen LogP contribution in [0.25, 0.3) is 0 Å². The van der Waals surface area contributed by atoms with E-state index in [0.29, 0.717) is 5.92 Å². The van der Waals surface area contributed by atoms with Crippen LogP contribution in [0, 0.1) is 5.92 Å². The average molecular weight is 230 g/mol. The lowest BCUT2D eigenvalue weighted by molar-refractivity contribution is -0.133. The minimum atomic E-state index is -2.00. The maximum absolute atomic E-state index is 11.2. The van der Waals surface area contributed by atoms with E-state index < -0.39 is 20.3 Å². The number of carboxylic acid groups (broad SMARTS) is 1. The van der Waals surface area contributed by atoms with Gasteiger partial charge in [-0.2, -0.15) is 0 Å². The molecule has 0 atom stereocenters. The van der Waals surface area contributed by atoms with Gasteiger partial charge < -0.3 is 9.53 Å². The summed E-state index contributed by atoms with van der Waals surface area (Å²) in [4.78, 5) is 21.4. The molecule has 0 aliphatic rings. The van der Waals surface area contributed by atoms with Crippen molar-refractivity contribution in [2.45, 2.75) is 33.0 Å². The monoisotopic (exact) mass is 230 g/mol. The van der Waals surface area contributed by atoms with Gasteiger partial charge in [0.15, 0.2) is 0 Å². The molecule has 0 spiro atoms. The van der Waals surface area contributed by atoms with E-state index in [1.54, 1.807) is 0 Å².